The number of rotatable bonds is 2. The Bertz CT molecular complexity index is 579. The van der Waals surface area contributed by atoms with Gasteiger partial charge in [0.2, 0.25) is 0 Å². The lowest BCUT2D eigenvalue weighted by atomic mass is 9.94. The minimum absolute atomic E-state index is 0.106. The fraction of sp³-hybridized carbons (Fsp3) is 0.133. The molecule has 18 heavy (non-hydrogen) atoms. The van der Waals surface area contributed by atoms with Crippen molar-refractivity contribution in [1.82, 2.24) is 0 Å². The first-order valence-electron chi connectivity index (χ1n) is 5.66. The van der Waals surface area contributed by atoms with Crippen molar-refractivity contribution >= 4 is 11.5 Å². The van der Waals surface area contributed by atoms with Crippen LogP contribution in [0.25, 0.3) is 0 Å². The molecule has 2 nitrogen and oxygen atoms in total. The minimum atomic E-state index is -0.321. The van der Waals surface area contributed by atoms with E-state index in [1.807, 2.05) is 0 Å². The summed E-state index contributed by atoms with van der Waals surface area (Å²) >= 11 is 0. The van der Waals surface area contributed by atoms with E-state index in [-0.39, 0.29) is 11.6 Å². The molecule has 0 spiro atoms. The van der Waals surface area contributed by atoms with Crippen molar-refractivity contribution in [3.8, 4) is 0 Å². The molecule has 2 N–H and O–H groups in total. The highest BCUT2D eigenvalue weighted by Gasteiger charge is 2.15. The molecule has 0 amide bonds. The summed E-state index contributed by atoms with van der Waals surface area (Å²) in [7, 11) is 0. The predicted octanol–water partition coefficient (Wildman–Crippen LogP) is 3.26. The number of anilines is 1. The van der Waals surface area contributed by atoms with E-state index in [1.165, 1.54) is 12.1 Å². The van der Waals surface area contributed by atoms with Crippen LogP contribution in [0.4, 0.5) is 10.1 Å². The highest BCUT2D eigenvalue weighted by atomic mass is 19.1. The van der Waals surface area contributed by atoms with Crippen LogP contribution in [0, 0.1) is 19.7 Å². The van der Waals surface area contributed by atoms with E-state index in [4.69, 9.17) is 5.73 Å². The number of benzene rings is 2. The molecular weight excluding hydrogens is 229 g/mol. The van der Waals surface area contributed by atoms with Gasteiger partial charge in [0.25, 0.3) is 0 Å². The summed E-state index contributed by atoms with van der Waals surface area (Å²) in [4.78, 5) is 12.3. The van der Waals surface area contributed by atoms with Crippen LogP contribution in [0.5, 0.6) is 0 Å². The fourth-order valence-electron chi connectivity index (χ4n) is 2.05. The molecule has 0 bridgehead atoms. The number of carbonyl (C=O) groups excluding carboxylic acids is 1. The Labute approximate surface area is 105 Å². The van der Waals surface area contributed by atoms with Gasteiger partial charge < -0.3 is 5.73 Å². The summed E-state index contributed by atoms with van der Waals surface area (Å²) in [5, 5.41) is 0. The van der Waals surface area contributed by atoms with Gasteiger partial charge in [0.15, 0.2) is 5.78 Å². The molecule has 3 heteroatoms. The quantitative estimate of drug-likeness (QED) is 0.650. The van der Waals surface area contributed by atoms with Gasteiger partial charge >= 0.3 is 0 Å². The van der Waals surface area contributed by atoms with Crippen molar-refractivity contribution < 1.29 is 9.18 Å². The molecule has 2 aromatic rings. The Morgan fingerprint density at radius 1 is 1.06 bits per heavy atom. The predicted molar refractivity (Wildman–Crippen MR) is 70.2 cm³/mol. The van der Waals surface area contributed by atoms with Crippen LogP contribution in [0.3, 0.4) is 0 Å². The summed E-state index contributed by atoms with van der Waals surface area (Å²) in [5.74, 6) is -0.427. The minimum Gasteiger partial charge on any atom is -0.399 e. The van der Waals surface area contributed by atoms with E-state index >= 15 is 0 Å². The van der Waals surface area contributed by atoms with Gasteiger partial charge in [-0.2, -0.15) is 0 Å². The normalized spacial score (nSPS) is 10.4. The first-order chi connectivity index (χ1) is 8.49. The lowest BCUT2D eigenvalue weighted by Gasteiger charge is -2.09. The van der Waals surface area contributed by atoms with Gasteiger partial charge in [-0.1, -0.05) is 0 Å². The maximum atomic E-state index is 13.2. The molecule has 2 rings (SSSR count). The number of nitrogens with two attached hydrogens (primary N) is 1. The molecule has 0 radical (unpaired) electrons. The van der Waals surface area contributed by atoms with Gasteiger partial charge in [-0.3, -0.25) is 4.79 Å². The van der Waals surface area contributed by atoms with Crippen LogP contribution in [-0.2, 0) is 0 Å². The first kappa shape index (κ1) is 12.3. The second-order valence-corrected chi connectivity index (χ2v) is 4.37. The van der Waals surface area contributed by atoms with Gasteiger partial charge in [0, 0.05) is 16.8 Å². The third kappa shape index (κ3) is 2.25. The lowest BCUT2D eigenvalue weighted by Crippen LogP contribution is -2.07. The monoisotopic (exact) mass is 243 g/mol. The third-order valence-corrected chi connectivity index (χ3v) is 2.90. The van der Waals surface area contributed by atoms with E-state index in [0.717, 1.165) is 0 Å². The second-order valence-electron chi connectivity index (χ2n) is 4.37. The van der Waals surface area contributed by atoms with E-state index in [2.05, 4.69) is 0 Å². The number of hydrogen-bond donors (Lipinski definition) is 1. The van der Waals surface area contributed by atoms with Gasteiger partial charge in [-0.25, -0.2) is 4.39 Å². The molecule has 0 heterocycles. The van der Waals surface area contributed by atoms with Crippen molar-refractivity contribution in [2.24, 2.45) is 0 Å². The Balaban J connectivity index is 2.49. The molecule has 0 aromatic heterocycles. The zero-order chi connectivity index (χ0) is 13.3. The van der Waals surface area contributed by atoms with E-state index in [9.17, 15) is 9.18 Å². The molecular formula is C15H14FNO. The Kier molecular flexibility index (Phi) is 3.15. The maximum absolute atomic E-state index is 13.2. The largest absolute Gasteiger partial charge is 0.399 e. The van der Waals surface area contributed by atoms with Crippen LogP contribution >= 0.6 is 0 Å². The first-order valence-corrected chi connectivity index (χ1v) is 5.66. The van der Waals surface area contributed by atoms with Crippen LogP contribution in [0.2, 0.25) is 0 Å². The number of carbonyl (C=O) groups is 1. The van der Waals surface area contributed by atoms with Crippen molar-refractivity contribution in [1.29, 1.82) is 0 Å². The summed E-state index contributed by atoms with van der Waals surface area (Å²) < 4.78 is 13.2. The van der Waals surface area contributed by atoms with Crippen molar-refractivity contribution in [2.45, 2.75) is 13.8 Å². The Morgan fingerprint density at radius 3 is 2.06 bits per heavy atom. The number of aryl methyl sites for hydroxylation is 2. The van der Waals surface area contributed by atoms with Gasteiger partial charge in [-0.15, -0.1) is 0 Å². The summed E-state index contributed by atoms with van der Waals surface area (Å²) in [6.45, 7) is 3.47. The average molecular weight is 243 g/mol. The van der Waals surface area contributed by atoms with Gasteiger partial charge in [0.05, 0.1) is 0 Å². The smallest absolute Gasteiger partial charge is 0.193 e. The number of nitrogen functional groups attached to an aromatic ring is 1. The second kappa shape index (κ2) is 4.61. The molecule has 0 fully saturated rings. The van der Waals surface area contributed by atoms with E-state index in [0.29, 0.717) is 27.9 Å². The van der Waals surface area contributed by atoms with Crippen LogP contribution in [-0.4, -0.2) is 5.78 Å². The lowest BCUT2D eigenvalue weighted by molar-refractivity contribution is 0.103. The van der Waals surface area contributed by atoms with Crippen LogP contribution in [0.15, 0.2) is 36.4 Å². The molecule has 0 unspecified atom stereocenters. The molecule has 0 aliphatic carbocycles. The highest BCUT2D eigenvalue weighted by molar-refractivity contribution is 6.10. The van der Waals surface area contributed by atoms with Crippen LogP contribution < -0.4 is 5.73 Å². The van der Waals surface area contributed by atoms with Crippen molar-refractivity contribution in [2.75, 3.05) is 5.73 Å². The summed E-state index contributed by atoms with van der Waals surface area (Å²) in [5.41, 5.74) is 8.60. The number of hydrogen-bond acceptors (Lipinski definition) is 2. The van der Waals surface area contributed by atoms with Crippen molar-refractivity contribution in [3.63, 3.8) is 0 Å². The Morgan fingerprint density at radius 2 is 1.56 bits per heavy atom. The summed E-state index contributed by atoms with van der Waals surface area (Å²) in [6.07, 6.45) is 0. The zero-order valence-electron chi connectivity index (χ0n) is 10.3. The Hall–Kier alpha value is -2.16. The maximum Gasteiger partial charge on any atom is 0.193 e. The summed E-state index contributed by atoms with van der Waals surface area (Å²) in [6, 6.07) is 9.47. The molecule has 0 saturated carbocycles. The van der Waals surface area contributed by atoms with Crippen LogP contribution in [0.1, 0.15) is 27.0 Å². The van der Waals surface area contributed by atoms with E-state index < -0.39 is 0 Å². The standard InChI is InChI=1S/C15H14FNO/c1-9-7-12(16)8-10(2)14(9)15(18)11-3-5-13(17)6-4-11/h3-8H,17H2,1-2H3. The average Bonchev–Trinajstić information content (AvgIpc) is 2.28. The molecule has 2 aromatic carbocycles. The zero-order valence-corrected chi connectivity index (χ0v) is 10.3. The number of halogens is 1. The highest BCUT2D eigenvalue weighted by Crippen LogP contribution is 2.20. The third-order valence-electron chi connectivity index (χ3n) is 2.90. The van der Waals surface area contributed by atoms with Crippen molar-refractivity contribution in [3.05, 3.63) is 64.5 Å². The van der Waals surface area contributed by atoms with E-state index in [1.54, 1.807) is 38.1 Å². The van der Waals surface area contributed by atoms with Gasteiger partial charge in [-0.05, 0) is 61.4 Å². The number of ketones is 1. The van der Waals surface area contributed by atoms with Gasteiger partial charge in [0.1, 0.15) is 5.82 Å². The molecule has 0 aliphatic rings. The molecule has 0 saturated heterocycles. The molecule has 0 atom stereocenters. The topological polar surface area (TPSA) is 43.1 Å². The SMILES string of the molecule is Cc1cc(F)cc(C)c1C(=O)c1ccc(N)cc1. The molecule has 0 aliphatic heterocycles. The fourth-order valence-corrected chi connectivity index (χ4v) is 2.05. The molecule has 92 valence electrons.